The molecule has 1 amide bonds. The number of carbonyl (C=O) groups excluding carboxylic acids is 1. The number of hydrogen-bond donors (Lipinski definition) is 1. The fourth-order valence-electron chi connectivity index (χ4n) is 0.872. The second-order valence-electron chi connectivity index (χ2n) is 2.55. The third kappa shape index (κ3) is 2.91. The van der Waals surface area contributed by atoms with Crippen LogP contribution in [0.1, 0.15) is 12.1 Å². The normalized spacial score (nSPS) is 8.92. The summed E-state index contributed by atoms with van der Waals surface area (Å²) in [5.41, 5.74) is 0.828. The molecule has 1 N–H and O–H groups in total. The molecule has 4 heteroatoms. The van der Waals surface area contributed by atoms with Crippen molar-refractivity contribution < 1.29 is 4.79 Å². The van der Waals surface area contributed by atoms with Crippen molar-refractivity contribution in [3.8, 4) is 6.07 Å². The van der Waals surface area contributed by atoms with Crippen LogP contribution < -0.4 is 5.32 Å². The van der Waals surface area contributed by atoms with Crippen LogP contribution in [0.15, 0.2) is 18.2 Å². The van der Waals surface area contributed by atoms with E-state index in [1.807, 2.05) is 13.0 Å². The molecule has 0 radical (unpaired) electrons. The van der Waals surface area contributed by atoms with Crippen molar-refractivity contribution in [2.45, 2.75) is 13.3 Å². The molecule has 0 aromatic carbocycles. The number of nitriles is 1. The molecule has 0 spiro atoms. The summed E-state index contributed by atoms with van der Waals surface area (Å²) in [6, 6.07) is 7.07. The van der Waals surface area contributed by atoms with Crippen LogP contribution in [0.25, 0.3) is 0 Å². The molecule has 1 heterocycles. The fraction of sp³-hybridized carbons (Fsp3) is 0.222. The number of pyridine rings is 1. The van der Waals surface area contributed by atoms with Crippen molar-refractivity contribution in [3.63, 3.8) is 0 Å². The lowest BCUT2D eigenvalue weighted by Crippen LogP contribution is -2.11. The molecule has 0 saturated heterocycles. The summed E-state index contributed by atoms with van der Waals surface area (Å²) in [7, 11) is 0. The summed E-state index contributed by atoms with van der Waals surface area (Å²) in [5, 5.41) is 10.7. The SMILES string of the molecule is Cc1cccc(NC(=O)CC#N)n1. The summed E-state index contributed by atoms with van der Waals surface area (Å²) in [5.74, 6) is 0.154. The van der Waals surface area contributed by atoms with Gasteiger partial charge in [-0.2, -0.15) is 5.26 Å². The molecule has 0 saturated carbocycles. The molecule has 1 aromatic heterocycles. The van der Waals surface area contributed by atoms with Gasteiger partial charge in [0.15, 0.2) is 0 Å². The lowest BCUT2D eigenvalue weighted by Gasteiger charge is -2.01. The lowest BCUT2D eigenvalue weighted by molar-refractivity contribution is -0.115. The third-order valence-corrected chi connectivity index (χ3v) is 1.40. The second-order valence-corrected chi connectivity index (χ2v) is 2.55. The summed E-state index contributed by atoms with van der Waals surface area (Å²) < 4.78 is 0. The van der Waals surface area contributed by atoms with Crippen LogP contribution in [0.3, 0.4) is 0 Å². The molecule has 13 heavy (non-hydrogen) atoms. The number of anilines is 1. The first-order valence-electron chi connectivity index (χ1n) is 3.83. The number of carbonyl (C=O) groups is 1. The van der Waals surface area contributed by atoms with Gasteiger partial charge in [-0.05, 0) is 19.1 Å². The lowest BCUT2D eigenvalue weighted by atomic mass is 10.3. The molecule has 0 aliphatic heterocycles. The van der Waals surface area contributed by atoms with Gasteiger partial charge in [-0.3, -0.25) is 4.79 Å². The largest absolute Gasteiger partial charge is 0.310 e. The average Bonchev–Trinajstić information content (AvgIpc) is 2.04. The Balaban J connectivity index is 2.65. The molecule has 1 rings (SSSR count). The van der Waals surface area contributed by atoms with Gasteiger partial charge in [0.1, 0.15) is 12.2 Å². The highest BCUT2D eigenvalue weighted by Crippen LogP contribution is 2.03. The van der Waals surface area contributed by atoms with Crippen molar-refractivity contribution in [1.82, 2.24) is 4.98 Å². The Kier molecular flexibility index (Phi) is 2.98. The van der Waals surface area contributed by atoms with E-state index < -0.39 is 0 Å². The minimum atomic E-state index is -0.333. The van der Waals surface area contributed by atoms with Crippen molar-refractivity contribution >= 4 is 11.7 Å². The van der Waals surface area contributed by atoms with Crippen molar-refractivity contribution in [2.24, 2.45) is 0 Å². The van der Waals surface area contributed by atoms with Gasteiger partial charge in [-0.15, -0.1) is 0 Å². The minimum absolute atomic E-state index is 0.143. The average molecular weight is 175 g/mol. The number of hydrogen-bond acceptors (Lipinski definition) is 3. The highest BCUT2D eigenvalue weighted by atomic mass is 16.1. The first kappa shape index (κ1) is 9.20. The highest BCUT2D eigenvalue weighted by Gasteiger charge is 2.00. The number of rotatable bonds is 2. The van der Waals surface area contributed by atoms with Crippen molar-refractivity contribution in [2.75, 3.05) is 5.32 Å². The number of aryl methyl sites for hydroxylation is 1. The molecular weight excluding hydrogens is 166 g/mol. The zero-order chi connectivity index (χ0) is 9.68. The zero-order valence-corrected chi connectivity index (χ0v) is 7.24. The van der Waals surface area contributed by atoms with Crippen LogP contribution in [0, 0.1) is 18.3 Å². The Hall–Kier alpha value is -1.89. The predicted octanol–water partition coefficient (Wildman–Crippen LogP) is 1.24. The van der Waals surface area contributed by atoms with E-state index in [4.69, 9.17) is 5.26 Å². The Bertz CT molecular complexity index is 354. The Morgan fingerprint density at radius 2 is 2.46 bits per heavy atom. The van der Waals surface area contributed by atoms with Gasteiger partial charge in [-0.25, -0.2) is 4.98 Å². The van der Waals surface area contributed by atoms with Crippen LogP contribution >= 0.6 is 0 Å². The third-order valence-electron chi connectivity index (χ3n) is 1.40. The van der Waals surface area contributed by atoms with E-state index in [1.54, 1.807) is 18.2 Å². The Labute approximate surface area is 76.2 Å². The van der Waals surface area contributed by atoms with Crippen LogP contribution in [0.2, 0.25) is 0 Å². The van der Waals surface area contributed by atoms with E-state index in [9.17, 15) is 4.79 Å². The molecule has 1 aromatic rings. The maximum Gasteiger partial charge on any atom is 0.239 e. The predicted molar refractivity (Wildman–Crippen MR) is 47.8 cm³/mol. The van der Waals surface area contributed by atoms with Crippen LogP contribution in [0.4, 0.5) is 5.82 Å². The first-order valence-corrected chi connectivity index (χ1v) is 3.83. The monoisotopic (exact) mass is 175 g/mol. The quantitative estimate of drug-likeness (QED) is 0.735. The number of nitrogens with one attached hydrogen (secondary N) is 1. The maximum atomic E-state index is 11.0. The van der Waals surface area contributed by atoms with Crippen LogP contribution in [-0.2, 0) is 4.79 Å². The molecule has 0 fully saturated rings. The topological polar surface area (TPSA) is 65.8 Å². The molecule has 0 bridgehead atoms. The standard InChI is InChI=1S/C9H9N3O/c1-7-3-2-4-8(11-7)12-9(13)5-6-10/h2-4H,5H2,1H3,(H,11,12,13). The molecule has 0 atom stereocenters. The van der Waals surface area contributed by atoms with E-state index in [0.29, 0.717) is 5.82 Å². The second kappa shape index (κ2) is 4.21. The Morgan fingerprint density at radius 1 is 1.69 bits per heavy atom. The van der Waals surface area contributed by atoms with Gasteiger partial charge >= 0.3 is 0 Å². The minimum Gasteiger partial charge on any atom is -0.310 e. The van der Waals surface area contributed by atoms with Gasteiger partial charge in [0, 0.05) is 5.69 Å². The zero-order valence-electron chi connectivity index (χ0n) is 7.24. The highest BCUT2D eigenvalue weighted by molar-refractivity contribution is 5.91. The van der Waals surface area contributed by atoms with E-state index in [-0.39, 0.29) is 12.3 Å². The molecular formula is C9H9N3O. The number of aromatic nitrogens is 1. The van der Waals surface area contributed by atoms with Gasteiger partial charge in [-0.1, -0.05) is 6.07 Å². The van der Waals surface area contributed by atoms with Crippen molar-refractivity contribution in [3.05, 3.63) is 23.9 Å². The molecule has 4 nitrogen and oxygen atoms in total. The van der Waals surface area contributed by atoms with Crippen LogP contribution in [0.5, 0.6) is 0 Å². The smallest absolute Gasteiger partial charge is 0.239 e. The van der Waals surface area contributed by atoms with Gasteiger partial charge in [0.05, 0.1) is 6.07 Å². The molecule has 0 aliphatic rings. The maximum absolute atomic E-state index is 11.0. The van der Waals surface area contributed by atoms with Gasteiger partial charge < -0.3 is 5.32 Å². The molecule has 0 unspecified atom stereocenters. The summed E-state index contributed by atoms with van der Waals surface area (Å²) >= 11 is 0. The molecule has 0 aliphatic carbocycles. The van der Waals surface area contributed by atoms with Gasteiger partial charge in [0.25, 0.3) is 0 Å². The summed E-state index contributed by atoms with van der Waals surface area (Å²) in [6.07, 6.45) is -0.143. The number of nitrogens with zero attached hydrogens (tertiary/aromatic N) is 2. The van der Waals surface area contributed by atoms with Crippen molar-refractivity contribution in [1.29, 1.82) is 5.26 Å². The first-order chi connectivity index (χ1) is 6.22. The summed E-state index contributed by atoms with van der Waals surface area (Å²) in [6.45, 7) is 1.83. The van der Waals surface area contributed by atoms with E-state index in [0.717, 1.165) is 5.69 Å². The van der Waals surface area contributed by atoms with E-state index >= 15 is 0 Å². The van der Waals surface area contributed by atoms with Crippen LogP contribution in [-0.4, -0.2) is 10.9 Å². The van der Waals surface area contributed by atoms with E-state index in [2.05, 4.69) is 10.3 Å². The summed E-state index contributed by atoms with van der Waals surface area (Å²) in [4.78, 5) is 15.0. The molecule has 66 valence electrons. The fourth-order valence-corrected chi connectivity index (χ4v) is 0.872. The number of amides is 1. The Morgan fingerprint density at radius 3 is 3.08 bits per heavy atom. The van der Waals surface area contributed by atoms with Gasteiger partial charge in [0.2, 0.25) is 5.91 Å². The van der Waals surface area contributed by atoms with E-state index in [1.165, 1.54) is 0 Å².